The van der Waals surface area contributed by atoms with Crippen molar-refractivity contribution in [2.24, 2.45) is 5.41 Å². The number of nitrogens with zero attached hydrogens (tertiary/aromatic N) is 2. The molecule has 0 radical (unpaired) electrons. The van der Waals surface area contributed by atoms with E-state index in [1.165, 1.54) is 5.69 Å². The molecule has 0 aliphatic carbocycles. The Kier molecular flexibility index (Phi) is 4.80. The van der Waals surface area contributed by atoms with E-state index in [0.717, 1.165) is 32.7 Å². The van der Waals surface area contributed by atoms with Crippen molar-refractivity contribution in [1.29, 1.82) is 0 Å². The Morgan fingerprint density at radius 1 is 1.00 bits per heavy atom. The van der Waals surface area contributed by atoms with Crippen molar-refractivity contribution in [3.63, 3.8) is 0 Å². The van der Waals surface area contributed by atoms with Gasteiger partial charge < -0.3 is 15.1 Å². The van der Waals surface area contributed by atoms with Gasteiger partial charge in [0.1, 0.15) is 0 Å². The van der Waals surface area contributed by atoms with Crippen molar-refractivity contribution in [2.45, 2.75) is 6.92 Å². The number of para-hydroxylation sites is 1. The summed E-state index contributed by atoms with van der Waals surface area (Å²) in [4.78, 5) is 4.71. The average Bonchev–Trinajstić information content (AvgIpc) is 2.49. The van der Waals surface area contributed by atoms with Gasteiger partial charge in [0.15, 0.2) is 0 Å². The summed E-state index contributed by atoms with van der Waals surface area (Å²) >= 11 is 0. The molecular weight excluding hydrogens is 240 g/mol. The minimum atomic E-state index is -0.394. The van der Waals surface area contributed by atoms with Crippen molar-refractivity contribution in [3.05, 3.63) is 30.3 Å². The molecule has 2 N–H and O–H groups in total. The molecule has 1 fully saturated rings. The molecule has 2 rings (SSSR count). The Morgan fingerprint density at radius 2 is 1.58 bits per heavy atom. The molecule has 4 nitrogen and oxygen atoms in total. The summed E-state index contributed by atoms with van der Waals surface area (Å²) in [7, 11) is 0. The SMILES string of the molecule is CC(CO)(CO)CN1CCN(c2ccccc2)CC1. The monoisotopic (exact) mass is 264 g/mol. The molecular formula is C15H24N2O2. The molecule has 1 aliphatic rings. The number of benzene rings is 1. The van der Waals surface area contributed by atoms with Crippen LogP contribution in [-0.4, -0.2) is 61.1 Å². The van der Waals surface area contributed by atoms with Crippen molar-refractivity contribution < 1.29 is 10.2 Å². The van der Waals surface area contributed by atoms with Crippen molar-refractivity contribution >= 4 is 5.69 Å². The van der Waals surface area contributed by atoms with E-state index in [1.54, 1.807) is 0 Å². The standard InChI is InChI=1S/C15H24N2O2/c1-15(12-18,13-19)11-16-7-9-17(10-8-16)14-5-3-2-4-6-14/h2-6,18-19H,7-13H2,1H3. The number of aliphatic hydroxyl groups excluding tert-OH is 2. The fourth-order valence-electron chi connectivity index (χ4n) is 2.49. The molecule has 0 atom stereocenters. The van der Waals surface area contributed by atoms with Crippen LogP contribution in [0.2, 0.25) is 0 Å². The molecule has 1 heterocycles. The zero-order chi connectivity index (χ0) is 13.7. The van der Waals surface area contributed by atoms with Gasteiger partial charge in [0.05, 0.1) is 13.2 Å². The highest BCUT2D eigenvalue weighted by atomic mass is 16.3. The predicted molar refractivity (Wildman–Crippen MR) is 77.4 cm³/mol. The lowest BCUT2D eigenvalue weighted by Gasteiger charge is -2.39. The van der Waals surface area contributed by atoms with Gasteiger partial charge in [-0.1, -0.05) is 25.1 Å². The molecule has 4 heteroatoms. The minimum absolute atomic E-state index is 0.0302. The van der Waals surface area contributed by atoms with Gasteiger partial charge >= 0.3 is 0 Å². The fraction of sp³-hybridized carbons (Fsp3) is 0.600. The van der Waals surface area contributed by atoms with Crippen LogP contribution in [0, 0.1) is 5.41 Å². The maximum Gasteiger partial charge on any atom is 0.0519 e. The van der Waals surface area contributed by atoms with Gasteiger partial charge in [-0.2, -0.15) is 0 Å². The van der Waals surface area contributed by atoms with Crippen LogP contribution in [0.4, 0.5) is 5.69 Å². The third-order valence-electron chi connectivity index (χ3n) is 3.86. The molecule has 1 aromatic rings. The molecule has 19 heavy (non-hydrogen) atoms. The summed E-state index contributed by atoms with van der Waals surface area (Å²) in [6, 6.07) is 10.4. The minimum Gasteiger partial charge on any atom is -0.396 e. The normalized spacial score (nSPS) is 17.7. The van der Waals surface area contributed by atoms with Gasteiger partial charge in [0, 0.05) is 43.8 Å². The molecule has 0 unspecified atom stereocenters. The summed E-state index contributed by atoms with van der Waals surface area (Å²) in [6.07, 6.45) is 0. The molecule has 1 aliphatic heterocycles. The van der Waals surface area contributed by atoms with E-state index in [-0.39, 0.29) is 13.2 Å². The zero-order valence-electron chi connectivity index (χ0n) is 11.6. The van der Waals surface area contributed by atoms with Crippen LogP contribution in [0.15, 0.2) is 30.3 Å². The van der Waals surface area contributed by atoms with Crippen molar-refractivity contribution in [2.75, 3.05) is 50.8 Å². The maximum absolute atomic E-state index is 9.35. The molecule has 1 aromatic carbocycles. The lowest BCUT2D eigenvalue weighted by atomic mass is 9.92. The summed E-state index contributed by atoms with van der Waals surface area (Å²) in [5.41, 5.74) is 0.879. The smallest absolute Gasteiger partial charge is 0.0519 e. The van der Waals surface area contributed by atoms with E-state index in [0.29, 0.717) is 0 Å². The van der Waals surface area contributed by atoms with Gasteiger partial charge in [0.2, 0.25) is 0 Å². The number of piperazine rings is 1. The molecule has 0 spiro atoms. The highest BCUT2D eigenvalue weighted by molar-refractivity contribution is 5.46. The van der Waals surface area contributed by atoms with Crippen LogP contribution >= 0.6 is 0 Å². The van der Waals surface area contributed by atoms with E-state index in [4.69, 9.17) is 0 Å². The van der Waals surface area contributed by atoms with Gasteiger partial charge in [-0.25, -0.2) is 0 Å². The van der Waals surface area contributed by atoms with Gasteiger partial charge in [-0.3, -0.25) is 4.90 Å². The van der Waals surface area contributed by atoms with E-state index in [2.05, 4.69) is 34.1 Å². The first kappa shape index (κ1) is 14.3. The van der Waals surface area contributed by atoms with E-state index < -0.39 is 5.41 Å². The molecule has 1 saturated heterocycles. The largest absolute Gasteiger partial charge is 0.396 e. The second kappa shape index (κ2) is 6.37. The number of hydrogen-bond acceptors (Lipinski definition) is 4. The predicted octanol–water partition coefficient (Wildman–Crippen LogP) is 0.799. The van der Waals surface area contributed by atoms with Crippen molar-refractivity contribution in [3.8, 4) is 0 Å². The summed E-state index contributed by atoms with van der Waals surface area (Å²) < 4.78 is 0. The fourth-order valence-corrected chi connectivity index (χ4v) is 2.49. The lowest BCUT2D eigenvalue weighted by Crippen LogP contribution is -2.51. The number of hydrogen-bond donors (Lipinski definition) is 2. The topological polar surface area (TPSA) is 46.9 Å². The third-order valence-corrected chi connectivity index (χ3v) is 3.86. The number of aliphatic hydroxyl groups is 2. The Balaban J connectivity index is 1.86. The molecule has 0 bridgehead atoms. The number of rotatable bonds is 5. The van der Waals surface area contributed by atoms with Gasteiger partial charge in [-0.15, -0.1) is 0 Å². The average molecular weight is 264 g/mol. The van der Waals surface area contributed by atoms with Crippen LogP contribution in [0.25, 0.3) is 0 Å². The second-order valence-corrected chi connectivity index (χ2v) is 5.73. The molecule has 0 amide bonds. The second-order valence-electron chi connectivity index (χ2n) is 5.73. The van der Waals surface area contributed by atoms with E-state index in [1.807, 2.05) is 13.0 Å². The Labute approximate surface area is 115 Å². The summed E-state index contributed by atoms with van der Waals surface area (Å²) in [5.74, 6) is 0. The first-order valence-corrected chi connectivity index (χ1v) is 6.91. The lowest BCUT2D eigenvalue weighted by molar-refractivity contribution is 0.0336. The molecule has 106 valence electrons. The molecule has 0 saturated carbocycles. The first-order chi connectivity index (χ1) is 9.17. The summed E-state index contributed by atoms with van der Waals surface area (Å²) in [5, 5.41) is 18.7. The van der Waals surface area contributed by atoms with Crippen molar-refractivity contribution in [1.82, 2.24) is 4.90 Å². The Bertz CT molecular complexity index is 371. The Morgan fingerprint density at radius 3 is 2.11 bits per heavy atom. The van der Waals surface area contributed by atoms with Gasteiger partial charge in [-0.05, 0) is 12.1 Å². The van der Waals surface area contributed by atoms with Crippen LogP contribution in [0.5, 0.6) is 0 Å². The third kappa shape index (κ3) is 3.69. The summed E-state index contributed by atoms with van der Waals surface area (Å²) in [6.45, 7) is 6.69. The van der Waals surface area contributed by atoms with Crippen LogP contribution in [0.3, 0.4) is 0 Å². The number of anilines is 1. The van der Waals surface area contributed by atoms with E-state index in [9.17, 15) is 10.2 Å². The van der Waals surface area contributed by atoms with Crippen LogP contribution < -0.4 is 4.90 Å². The zero-order valence-corrected chi connectivity index (χ0v) is 11.6. The Hall–Kier alpha value is -1.10. The molecule has 0 aromatic heterocycles. The van der Waals surface area contributed by atoms with Crippen LogP contribution in [0.1, 0.15) is 6.92 Å². The first-order valence-electron chi connectivity index (χ1n) is 6.91. The highest BCUT2D eigenvalue weighted by Gasteiger charge is 2.27. The highest BCUT2D eigenvalue weighted by Crippen LogP contribution is 2.20. The van der Waals surface area contributed by atoms with Gasteiger partial charge in [0.25, 0.3) is 0 Å². The quantitative estimate of drug-likeness (QED) is 0.826. The van der Waals surface area contributed by atoms with Crippen LogP contribution in [-0.2, 0) is 0 Å². The van der Waals surface area contributed by atoms with E-state index >= 15 is 0 Å². The maximum atomic E-state index is 9.35.